The van der Waals surface area contributed by atoms with Gasteiger partial charge < -0.3 is 33.7 Å². The molecule has 6 bridgehead atoms. The lowest BCUT2D eigenvalue weighted by atomic mass is 10.0. The van der Waals surface area contributed by atoms with Crippen molar-refractivity contribution in [1.29, 1.82) is 0 Å². The van der Waals surface area contributed by atoms with Crippen molar-refractivity contribution >= 4 is 35.3 Å². The molecule has 2 fully saturated rings. The number of nitrogens with zero attached hydrogens (tertiary/aromatic N) is 5. The highest BCUT2D eigenvalue weighted by Crippen LogP contribution is 2.34. The molecule has 2 saturated heterocycles. The number of carbonyl (C=O) groups excluding carboxylic acids is 4. The molecule has 4 amide bonds. The normalized spacial score (nSPS) is 19.0. The van der Waals surface area contributed by atoms with E-state index in [-0.39, 0.29) is 42.9 Å². The number of benzene rings is 3. The van der Waals surface area contributed by atoms with Gasteiger partial charge in [0.25, 0.3) is 11.8 Å². The second-order valence-corrected chi connectivity index (χ2v) is 15.6. The standard InChI is InChI=1S/C47H53N7O10/c55-42-12-10-39(44(56)51-42)54-45(57)37-7-4-8-41(43(37)46(54)58)64-28-27-60-26-25-59-23-19-52-15-17-53(18-16-52)20-24-63-40-11-9-36-30-35(40)32-62-22-2-1-21-61-31-33-5-3-6-34(29-33)38-13-14-48-47(49-36)50-38/h1-9,11,13-14,29-30,39H,10,12,15-28,31-32H2,(H,48,49,50)(H,51,55,56)/b2-1+. The Morgan fingerprint density at radius 1 is 0.703 bits per heavy atom. The van der Waals surface area contributed by atoms with E-state index in [0.29, 0.717) is 58.8 Å². The smallest absolute Gasteiger partial charge is 0.266 e. The maximum Gasteiger partial charge on any atom is 0.266 e. The van der Waals surface area contributed by atoms with Crippen LogP contribution in [0.5, 0.6) is 11.5 Å². The first-order valence-electron chi connectivity index (χ1n) is 21.7. The summed E-state index contributed by atoms with van der Waals surface area (Å²) in [6.07, 6.45) is 5.84. The van der Waals surface area contributed by atoms with Crippen molar-refractivity contribution in [3.8, 4) is 22.8 Å². The predicted molar refractivity (Wildman–Crippen MR) is 234 cm³/mol. The number of carbonyl (C=O) groups is 4. The second kappa shape index (κ2) is 22.0. The molecule has 0 radical (unpaired) electrons. The van der Waals surface area contributed by atoms with E-state index in [1.54, 1.807) is 18.3 Å². The number of nitrogens with one attached hydrogen (secondary N) is 2. The highest BCUT2D eigenvalue weighted by molar-refractivity contribution is 6.24. The summed E-state index contributed by atoms with van der Waals surface area (Å²) >= 11 is 0. The fraction of sp³-hybridized carbons (Fsp3) is 0.404. The molecule has 0 spiro atoms. The number of hydrogen-bond donors (Lipinski definition) is 2. The molecule has 3 aromatic carbocycles. The Morgan fingerprint density at radius 2 is 1.44 bits per heavy atom. The number of imide groups is 2. The SMILES string of the molecule is O=C1CCC(N2C(=O)c3cccc(OCCOCCOCCN4CCN(CCOc5ccc6cc5COC/C=C/COCc5cccc(c5)-c5ccnc(n5)N6)CC4)c3C2=O)C(=O)N1. The molecular formula is C47H53N7O10. The topological polar surface area (TPSA) is 183 Å². The number of anilines is 2. The molecule has 1 unspecified atom stereocenters. The van der Waals surface area contributed by atoms with E-state index in [2.05, 4.69) is 31.5 Å². The van der Waals surface area contributed by atoms with Crippen LogP contribution in [0.2, 0.25) is 0 Å². The maximum absolute atomic E-state index is 13.2. The summed E-state index contributed by atoms with van der Waals surface area (Å²) in [5, 5.41) is 5.56. The summed E-state index contributed by atoms with van der Waals surface area (Å²) in [6.45, 7) is 9.53. The molecule has 4 aliphatic heterocycles. The molecule has 4 aliphatic rings. The van der Waals surface area contributed by atoms with Crippen LogP contribution in [0.25, 0.3) is 11.3 Å². The number of fused-ring (bicyclic) bond motifs is 8. The van der Waals surface area contributed by atoms with Gasteiger partial charge >= 0.3 is 0 Å². The van der Waals surface area contributed by atoms with Gasteiger partial charge in [-0.3, -0.25) is 39.2 Å². The molecule has 17 heteroatoms. The van der Waals surface area contributed by atoms with Crippen molar-refractivity contribution in [1.82, 2.24) is 30.0 Å². The lowest BCUT2D eigenvalue weighted by molar-refractivity contribution is -0.136. The lowest BCUT2D eigenvalue weighted by Crippen LogP contribution is -2.54. The van der Waals surface area contributed by atoms with E-state index >= 15 is 0 Å². The van der Waals surface area contributed by atoms with E-state index in [0.717, 1.165) is 78.0 Å². The molecular weight excluding hydrogens is 823 g/mol. The molecule has 1 aromatic heterocycles. The minimum Gasteiger partial charge on any atom is -0.492 e. The lowest BCUT2D eigenvalue weighted by Gasteiger charge is -2.34. The third-order valence-electron chi connectivity index (χ3n) is 11.3. The first-order chi connectivity index (χ1) is 31.4. The van der Waals surface area contributed by atoms with Crippen LogP contribution in [0.1, 0.15) is 44.7 Å². The van der Waals surface area contributed by atoms with Crippen LogP contribution in [-0.2, 0) is 41.8 Å². The fourth-order valence-electron chi connectivity index (χ4n) is 7.91. The summed E-state index contributed by atoms with van der Waals surface area (Å²) in [5.41, 5.74) is 4.94. The van der Waals surface area contributed by atoms with Crippen molar-refractivity contribution < 1.29 is 47.6 Å². The maximum atomic E-state index is 13.2. The molecule has 2 N–H and O–H groups in total. The molecule has 336 valence electrons. The Bertz CT molecular complexity index is 2320. The van der Waals surface area contributed by atoms with E-state index in [4.69, 9.17) is 33.4 Å². The van der Waals surface area contributed by atoms with Gasteiger partial charge in [-0.25, -0.2) is 9.97 Å². The highest BCUT2D eigenvalue weighted by Gasteiger charge is 2.46. The zero-order valence-corrected chi connectivity index (χ0v) is 35.7. The first kappa shape index (κ1) is 44.5. The van der Waals surface area contributed by atoms with Gasteiger partial charge in [0, 0.05) is 68.7 Å². The third kappa shape index (κ3) is 11.5. The minimum atomic E-state index is -1.04. The van der Waals surface area contributed by atoms with E-state index < -0.39 is 29.7 Å². The van der Waals surface area contributed by atoms with Crippen molar-refractivity contribution in [2.45, 2.75) is 32.1 Å². The van der Waals surface area contributed by atoms with Crippen molar-refractivity contribution in [2.24, 2.45) is 0 Å². The zero-order chi connectivity index (χ0) is 44.1. The van der Waals surface area contributed by atoms with Gasteiger partial charge in [-0.05, 0) is 54.4 Å². The van der Waals surface area contributed by atoms with E-state index in [9.17, 15) is 19.2 Å². The summed E-state index contributed by atoms with van der Waals surface area (Å²) in [5.74, 6) is -0.745. The highest BCUT2D eigenvalue weighted by atomic mass is 16.5. The predicted octanol–water partition coefficient (Wildman–Crippen LogP) is 4.00. The molecule has 0 saturated carbocycles. The third-order valence-corrected chi connectivity index (χ3v) is 11.3. The molecule has 17 nitrogen and oxygen atoms in total. The average molecular weight is 876 g/mol. The Labute approximate surface area is 371 Å². The number of aromatic nitrogens is 2. The largest absolute Gasteiger partial charge is 0.492 e. The Hall–Kier alpha value is -6.08. The van der Waals surface area contributed by atoms with Crippen molar-refractivity contribution in [2.75, 3.05) is 97.4 Å². The zero-order valence-electron chi connectivity index (χ0n) is 35.7. The summed E-state index contributed by atoms with van der Waals surface area (Å²) in [6, 6.07) is 19.8. The molecule has 5 heterocycles. The molecule has 64 heavy (non-hydrogen) atoms. The first-order valence-corrected chi connectivity index (χ1v) is 21.7. The number of ether oxygens (including phenoxy) is 6. The second-order valence-electron chi connectivity index (χ2n) is 15.6. The van der Waals surface area contributed by atoms with Gasteiger partial charge in [-0.2, -0.15) is 0 Å². The Kier molecular flexibility index (Phi) is 15.3. The van der Waals surface area contributed by atoms with Crippen LogP contribution in [0.3, 0.4) is 0 Å². The van der Waals surface area contributed by atoms with Crippen LogP contribution >= 0.6 is 0 Å². The Balaban J connectivity index is 0.714. The molecule has 1 atom stereocenters. The van der Waals surface area contributed by atoms with Crippen LogP contribution < -0.4 is 20.1 Å². The average Bonchev–Trinajstić information content (AvgIpc) is 3.56. The van der Waals surface area contributed by atoms with Crippen LogP contribution in [0.4, 0.5) is 11.6 Å². The van der Waals surface area contributed by atoms with Crippen molar-refractivity contribution in [3.05, 3.63) is 107 Å². The van der Waals surface area contributed by atoms with E-state index in [1.165, 1.54) is 6.07 Å². The van der Waals surface area contributed by atoms with Gasteiger partial charge in [-0.1, -0.05) is 36.4 Å². The molecule has 4 aromatic rings. The van der Waals surface area contributed by atoms with Gasteiger partial charge in [0.05, 0.1) is 69.7 Å². The van der Waals surface area contributed by atoms with Crippen LogP contribution in [-0.4, -0.2) is 146 Å². The van der Waals surface area contributed by atoms with Crippen LogP contribution in [0, 0.1) is 0 Å². The summed E-state index contributed by atoms with van der Waals surface area (Å²) in [4.78, 5) is 65.2. The van der Waals surface area contributed by atoms with Gasteiger partial charge in [-0.15, -0.1) is 0 Å². The van der Waals surface area contributed by atoms with Crippen LogP contribution in [0.15, 0.2) is 85.1 Å². The van der Waals surface area contributed by atoms with Crippen molar-refractivity contribution in [3.63, 3.8) is 0 Å². The number of rotatable bonds is 15. The fourth-order valence-corrected chi connectivity index (χ4v) is 7.91. The molecule has 8 rings (SSSR count). The number of piperidine rings is 1. The summed E-state index contributed by atoms with van der Waals surface area (Å²) < 4.78 is 35.5. The monoisotopic (exact) mass is 875 g/mol. The van der Waals surface area contributed by atoms with Gasteiger partial charge in [0.2, 0.25) is 17.8 Å². The van der Waals surface area contributed by atoms with E-state index in [1.807, 2.05) is 54.6 Å². The Morgan fingerprint density at radius 3 is 2.25 bits per heavy atom. The molecule has 0 aliphatic carbocycles. The quantitative estimate of drug-likeness (QED) is 0.0993. The minimum absolute atomic E-state index is 0.0539. The number of hydrogen-bond acceptors (Lipinski definition) is 15. The number of amides is 4. The van der Waals surface area contributed by atoms with Gasteiger partial charge in [0.15, 0.2) is 0 Å². The van der Waals surface area contributed by atoms with Gasteiger partial charge in [0.1, 0.15) is 30.8 Å². The number of piperazine rings is 1. The summed E-state index contributed by atoms with van der Waals surface area (Å²) in [7, 11) is 0.